The highest BCUT2D eigenvalue weighted by atomic mass is 19.4. The molecule has 0 saturated heterocycles. The van der Waals surface area contributed by atoms with E-state index in [1.165, 1.54) is 12.1 Å². The standard InChI is InChI=1S/C20H23F3N4O/c1-12(2)17-10-18(26-19(25-17)24-15-4-5-15)27-8-7-13-9-16(28-20(21,22)23)6-3-14(13)11-27/h3,6,9-10,12,15H,4-5,7-8,11H2,1-2H3,(H,24,25,26). The summed E-state index contributed by atoms with van der Waals surface area (Å²) < 4.78 is 41.4. The van der Waals surface area contributed by atoms with Crippen LogP contribution >= 0.6 is 0 Å². The van der Waals surface area contributed by atoms with Crippen molar-refractivity contribution in [2.45, 2.75) is 58.0 Å². The van der Waals surface area contributed by atoms with Crippen LogP contribution in [0.1, 0.15) is 49.4 Å². The van der Waals surface area contributed by atoms with E-state index >= 15 is 0 Å². The summed E-state index contributed by atoms with van der Waals surface area (Å²) in [6.45, 7) is 5.47. The molecular weight excluding hydrogens is 369 g/mol. The van der Waals surface area contributed by atoms with Gasteiger partial charge in [0.25, 0.3) is 0 Å². The number of fused-ring (bicyclic) bond motifs is 1. The van der Waals surface area contributed by atoms with E-state index in [0.717, 1.165) is 35.5 Å². The van der Waals surface area contributed by atoms with E-state index in [9.17, 15) is 13.2 Å². The van der Waals surface area contributed by atoms with Crippen LogP contribution in [0.3, 0.4) is 0 Å². The smallest absolute Gasteiger partial charge is 0.406 e. The normalized spacial score (nSPS) is 16.9. The number of nitrogens with one attached hydrogen (secondary N) is 1. The molecule has 0 unspecified atom stereocenters. The van der Waals surface area contributed by atoms with Crippen LogP contribution in [0, 0.1) is 0 Å². The molecule has 1 aliphatic carbocycles. The molecule has 0 spiro atoms. The van der Waals surface area contributed by atoms with Gasteiger partial charge in [-0.25, -0.2) is 4.98 Å². The first kappa shape index (κ1) is 18.8. The summed E-state index contributed by atoms with van der Waals surface area (Å²) >= 11 is 0. The van der Waals surface area contributed by atoms with Gasteiger partial charge in [0.15, 0.2) is 0 Å². The maximum Gasteiger partial charge on any atom is 0.573 e. The molecule has 150 valence electrons. The molecule has 0 amide bonds. The Labute approximate surface area is 161 Å². The topological polar surface area (TPSA) is 50.3 Å². The van der Waals surface area contributed by atoms with Gasteiger partial charge in [0.2, 0.25) is 5.95 Å². The first-order valence-corrected chi connectivity index (χ1v) is 9.55. The van der Waals surface area contributed by atoms with E-state index in [4.69, 9.17) is 0 Å². The van der Waals surface area contributed by atoms with Gasteiger partial charge in [-0.05, 0) is 48.4 Å². The molecule has 28 heavy (non-hydrogen) atoms. The van der Waals surface area contributed by atoms with Crippen LogP contribution in [0.4, 0.5) is 24.9 Å². The molecule has 1 aliphatic heterocycles. The van der Waals surface area contributed by atoms with Gasteiger partial charge < -0.3 is 15.0 Å². The zero-order valence-electron chi connectivity index (χ0n) is 15.9. The summed E-state index contributed by atoms with van der Waals surface area (Å²) in [6, 6.07) is 7.03. The molecule has 0 atom stereocenters. The second-order valence-corrected chi connectivity index (χ2v) is 7.70. The van der Waals surface area contributed by atoms with Crippen molar-refractivity contribution in [2.75, 3.05) is 16.8 Å². The molecule has 1 fully saturated rings. The second-order valence-electron chi connectivity index (χ2n) is 7.70. The molecule has 8 heteroatoms. The van der Waals surface area contributed by atoms with Crippen molar-refractivity contribution in [3.05, 3.63) is 41.1 Å². The van der Waals surface area contributed by atoms with E-state index in [-0.39, 0.29) is 11.7 Å². The number of alkyl halides is 3. The minimum Gasteiger partial charge on any atom is -0.406 e. The fourth-order valence-electron chi connectivity index (χ4n) is 3.31. The Morgan fingerprint density at radius 1 is 1.14 bits per heavy atom. The van der Waals surface area contributed by atoms with Gasteiger partial charge >= 0.3 is 6.36 Å². The number of nitrogens with zero attached hydrogens (tertiary/aromatic N) is 3. The largest absolute Gasteiger partial charge is 0.573 e. The molecular formula is C20H23F3N4O. The number of halogens is 3. The average molecular weight is 392 g/mol. The molecule has 4 rings (SSSR count). The van der Waals surface area contributed by atoms with Gasteiger partial charge in [0.1, 0.15) is 11.6 Å². The molecule has 1 aromatic carbocycles. The number of aromatic nitrogens is 2. The van der Waals surface area contributed by atoms with Gasteiger partial charge in [-0.15, -0.1) is 13.2 Å². The molecule has 0 bridgehead atoms. The molecule has 1 aromatic heterocycles. The Kier molecular flexibility index (Phi) is 4.81. The highest BCUT2D eigenvalue weighted by molar-refractivity contribution is 5.50. The van der Waals surface area contributed by atoms with E-state index in [0.29, 0.717) is 31.5 Å². The highest BCUT2D eigenvalue weighted by Crippen LogP contribution is 2.31. The predicted molar refractivity (Wildman–Crippen MR) is 101 cm³/mol. The number of hydrogen-bond acceptors (Lipinski definition) is 5. The second kappa shape index (κ2) is 7.14. The zero-order valence-corrected chi connectivity index (χ0v) is 15.9. The third-order valence-electron chi connectivity index (χ3n) is 4.98. The first-order valence-electron chi connectivity index (χ1n) is 9.55. The number of ether oxygens (including phenoxy) is 1. The van der Waals surface area contributed by atoms with Crippen molar-refractivity contribution in [1.82, 2.24) is 9.97 Å². The van der Waals surface area contributed by atoms with Gasteiger partial charge in [0, 0.05) is 25.2 Å². The Morgan fingerprint density at radius 2 is 1.93 bits per heavy atom. The van der Waals surface area contributed by atoms with E-state index in [2.05, 4.69) is 38.8 Å². The first-order chi connectivity index (χ1) is 13.3. The van der Waals surface area contributed by atoms with Crippen molar-refractivity contribution in [3.63, 3.8) is 0 Å². The van der Waals surface area contributed by atoms with Gasteiger partial charge in [-0.1, -0.05) is 19.9 Å². The summed E-state index contributed by atoms with van der Waals surface area (Å²) in [7, 11) is 0. The summed E-state index contributed by atoms with van der Waals surface area (Å²) in [4.78, 5) is 11.5. The van der Waals surface area contributed by atoms with Crippen molar-refractivity contribution in [3.8, 4) is 5.75 Å². The number of rotatable bonds is 5. The van der Waals surface area contributed by atoms with Crippen molar-refractivity contribution in [1.29, 1.82) is 0 Å². The zero-order chi connectivity index (χ0) is 19.9. The van der Waals surface area contributed by atoms with E-state index in [1.807, 2.05) is 6.07 Å². The lowest BCUT2D eigenvalue weighted by atomic mass is 9.99. The molecule has 1 saturated carbocycles. The minimum atomic E-state index is -4.67. The van der Waals surface area contributed by atoms with Crippen molar-refractivity contribution >= 4 is 11.8 Å². The number of anilines is 2. The lowest BCUT2D eigenvalue weighted by Crippen LogP contribution is -2.31. The van der Waals surface area contributed by atoms with Crippen LogP contribution in [0.25, 0.3) is 0 Å². The highest BCUT2D eigenvalue weighted by Gasteiger charge is 2.31. The Hall–Kier alpha value is -2.51. The molecule has 0 radical (unpaired) electrons. The van der Waals surface area contributed by atoms with Crippen molar-refractivity contribution < 1.29 is 17.9 Å². The summed E-state index contributed by atoms with van der Waals surface area (Å²) in [6.07, 6.45) is -1.75. The van der Waals surface area contributed by atoms with Crippen LogP contribution in [-0.4, -0.2) is 28.9 Å². The summed E-state index contributed by atoms with van der Waals surface area (Å²) in [5.74, 6) is 1.62. The van der Waals surface area contributed by atoms with Crippen LogP contribution < -0.4 is 15.0 Å². The Balaban J connectivity index is 1.55. The predicted octanol–water partition coefficient (Wildman–Crippen LogP) is 4.64. The van der Waals surface area contributed by atoms with Gasteiger partial charge in [-0.2, -0.15) is 4.98 Å². The minimum absolute atomic E-state index is 0.167. The van der Waals surface area contributed by atoms with Gasteiger partial charge in [0.05, 0.1) is 5.69 Å². The van der Waals surface area contributed by atoms with Crippen LogP contribution in [0.2, 0.25) is 0 Å². The summed E-state index contributed by atoms with van der Waals surface area (Å²) in [5.41, 5.74) is 2.85. The Bertz CT molecular complexity index is 865. The van der Waals surface area contributed by atoms with E-state index in [1.54, 1.807) is 6.07 Å². The van der Waals surface area contributed by atoms with Gasteiger partial charge in [-0.3, -0.25) is 0 Å². The quantitative estimate of drug-likeness (QED) is 0.804. The molecule has 1 N–H and O–H groups in total. The Morgan fingerprint density at radius 3 is 2.61 bits per heavy atom. The fraction of sp³-hybridized carbons (Fsp3) is 0.500. The average Bonchev–Trinajstić information content (AvgIpc) is 3.43. The molecule has 2 aliphatic rings. The molecule has 2 heterocycles. The lowest BCUT2D eigenvalue weighted by Gasteiger charge is -2.30. The van der Waals surface area contributed by atoms with Crippen LogP contribution in [0.5, 0.6) is 5.75 Å². The number of benzene rings is 1. The third-order valence-corrected chi connectivity index (χ3v) is 4.98. The van der Waals surface area contributed by atoms with Crippen LogP contribution in [0.15, 0.2) is 24.3 Å². The van der Waals surface area contributed by atoms with Crippen molar-refractivity contribution in [2.24, 2.45) is 0 Å². The molecule has 2 aromatic rings. The van der Waals surface area contributed by atoms with E-state index < -0.39 is 6.36 Å². The van der Waals surface area contributed by atoms with Crippen LogP contribution in [-0.2, 0) is 13.0 Å². The SMILES string of the molecule is CC(C)c1cc(N2CCc3cc(OC(F)(F)F)ccc3C2)nc(NC2CC2)n1. The summed E-state index contributed by atoms with van der Waals surface area (Å²) in [5, 5.41) is 3.37. The lowest BCUT2D eigenvalue weighted by molar-refractivity contribution is -0.274. The number of hydrogen-bond donors (Lipinski definition) is 1. The fourth-order valence-corrected chi connectivity index (χ4v) is 3.31. The monoisotopic (exact) mass is 392 g/mol. The molecule has 5 nitrogen and oxygen atoms in total. The maximum absolute atomic E-state index is 12.4. The third kappa shape index (κ3) is 4.48. The maximum atomic E-state index is 12.4.